The van der Waals surface area contributed by atoms with E-state index in [4.69, 9.17) is 4.74 Å². The molecule has 0 radical (unpaired) electrons. The van der Waals surface area contributed by atoms with Gasteiger partial charge in [0.2, 0.25) is 11.8 Å². The number of hydrogen-bond acceptors (Lipinski definition) is 5. The Morgan fingerprint density at radius 3 is 2.47 bits per heavy atom. The first kappa shape index (κ1) is 26.5. The summed E-state index contributed by atoms with van der Waals surface area (Å²) in [7, 11) is 3.77. The van der Waals surface area contributed by atoms with Gasteiger partial charge in [0.15, 0.2) is 0 Å². The quantitative estimate of drug-likeness (QED) is 0.518. The van der Waals surface area contributed by atoms with Crippen molar-refractivity contribution in [1.82, 2.24) is 19.7 Å². The van der Waals surface area contributed by atoms with Crippen LogP contribution in [0.3, 0.4) is 0 Å². The molecular weight excluding hydrogens is 478 g/mol. The largest absolute Gasteiger partial charge is 0.481 e. The number of urea groups is 1. The fraction of sp³-hybridized carbons (Fsp3) is 0.567. The van der Waals surface area contributed by atoms with Crippen LogP contribution in [0.2, 0.25) is 0 Å². The van der Waals surface area contributed by atoms with Crippen LogP contribution >= 0.6 is 0 Å². The van der Waals surface area contributed by atoms with Crippen molar-refractivity contribution in [2.45, 2.75) is 62.9 Å². The Hall–Kier alpha value is -3.13. The van der Waals surface area contributed by atoms with E-state index in [2.05, 4.69) is 64.4 Å². The molecule has 2 heterocycles. The number of ether oxygens (including phenoxy) is 1. The van der Waals surface area contributed by atoms with Gasteiger partial charge < -0.3 is 19.9 Å². The number of amides is 3. The summed E-state index contributed by atoms with van der Waals surface area (Å²) in [5, 5.41) is 2.84. The van der Waals surface area contributed by atoms with E-state index in [9.17, 15) is 9.59 Å². The lowest BCUT2D eigenvalue weighted by atomic mass is 9.68. The van der Waals surface area contributed by atoms with Gasteiger partial charge in [0.25, 0.3) is 0 Å². The van der Waals surface area contributed by atoms with Crippen LogP contribution < -0.4 is 10.1 Å². The summed E-state index contributed by atoms with van der Waals surface area (Å²) in [4.78, 5) is 37.4. The second-order valence-electron chi connectivity index (χ2n) is 11.3. The highest BCUT2D eigenvalue weighted by Crippen LogP contribution is 2.49. The Bertz CT molecular complexity index is 1130. The van der Waals surface area contributed by atoms with Gasteiger partial charge in [-0.15, -0.1) is 0 Å². The van der Waals surface area contributed by atoms with Gasteiger partial charge >= 0.3 is 6.03 Å². The number of rotatable bonds is 9. The number of pyridine rings is 1. The molecule has 8 nitrogen and oxygen atoms in total. The van der Waals surface area contributed by atoms with Crippen molar-refractivity contribution in [3.8, 4) is 5.88 Å². The number of benzene rings is 1. The van der Waals surface area contributed by atoms with Gasteiger partial charge in [0.05, 0.1) is 12.6 Å². The summed E-state index contributed by atoms with van der Waals surface area (Å²) < 4.78 is 5.17. The zero-order valence-electron chi connectivity index (χ0n) is 23.0. The first-order valence-electron chi connectivity index (χ1n) is 14.0. The highest BCUT2D eigenvalue weighted by Gasteiger charge is 2.55. The van der Waals surface area contributed by atoms with E-state index in [1.807, 2.05) is 0 Å². The van der Waals surface area contributed by atoms with Gasteiger partial charge in [0, 0.05) is 24.7 Å². The molecule has 0 bridgehead atoms. The van der Waals surface area contributed by atoms with Crippen molar-refractivity contribution in [1.29, 1.82) is 0 Å². The maximum Gasteiger partial charge on any atom is 0.321 e. The Kier molecular flexibility index (Phi) is 7.61. The maximum atomic E-state index is 13.8. The first-order valence-corrected chi connectivity index (χ1v) is 14.0. The average Bonchev–Trinajstić information content (AvgIpc) is 3.16. The van der Waals surface area contributed by atoms with Crippen LogP contribution in [0.1, 0.15) is 57.4 Å². The fourth-order valence-corrected chi connectivity index (χ4v) is 6.66. The molecule has 8 heteroatoms. The molecule has 2 aromatic rings. The van der Waals surface area contributed by atoms with Crippen LogP contribution in [0.15, 0.2) is 48.5 Å². The number of hydrogen-bond donors (Lipinski definition) is 1. The van der Waals surface area contributed by atoms with Gasteiger partial charge in [-0.1, -0.05) is 49.7 Å². The molecule has 5 rings (SSSR count). The van der Waals surface area contributed by atoms with Crippen LogP contribution in [0.4, 0.5) is 10.6 Å². The number of anilines is 1. The summed E-state index contributed by atoms with van der Waals surface area (Å²) in [6.45, 7) is 4.61. The van der Waals surface area contributed by atoms with Gasteiger partial charge in [-0.25, -0.2) is 4.79 Å². The second kappa shape index (κ2) is 10.9. The Morgan fingerprint density at radius 2 is 1.84 bits per heavy atom. The lowest BCUT2D eigenvalue weighted by Crippen LogP contribution is -2.57. The Morgan fingerprint density at radius 1 is 1.11 bits per heavy atom. The minimum Gasteiger partial charge on any atom is -0.481 e. The van der Waals surface area contributed by atoms with E-state index in [-0.39, 0.29) is 29.6 Å². The van der Waals surface area contributed by atoms with E-state index in [1.54, 1.807) is 30.2 Å². The van der Waals surface area contributed by atoms with E-state index in [0.29, 0.717) is 24.2 Å². The third-order valence-corrected chi connectivity index (χ3v) is 9.28. The number of nitrogens with zero attached hydrogens (tertiary/aromatic N) is 4. The van der Waals surface area contributed by atoms with Crippen LogP contribution in [-0.2, 0) is 10.3 Å². The third-order valence-electron chi connectivity index (χ3n) is 9.28. The molecule has 1 N–H and O–H groups in total. The average molecular weight is 520 g/mol. The molecule has 1 aromatic carbocycles. The molecule has 3 amide bonds. The Balaban J connectivity index is 1.34. The van der Waals surface area contributed by atoms with Crippen molar-refractivity contribution < 1.29 is 14.3 Å². The topological polar surface area (TPSA) is 78.0 Å². The van der Waals surface area contributed by atoms with Crippen LogP contribution in [0.25, 0.3) is 0 Å². The lowest BCUT2D eigenvalue weighted by Gasteiger charge is -2.52. The van der Waals surface area contributed by atoms with E-state index in [1.165, 1.54) is 24.8 Å². The van der Waals surface area contributed by atoms with Crippen molar-refractivity contribution in [3.05, 3.63) is 54.1 Å². The third kappa shape index (κ3) is 4.98. The summed E-state index contributed by atoms with van der Waals surface area (Å²) in [5.41, 5.74) is 1.10. The molecule has 3 fully saturated rings. The van der Waals surface area contributed by atoms with Gasteiger partial charge in [-0.05, 0) is 69.7 Å². The first-order chi connectivity index (χ1) is 18.4. The fourth-order valence-electron chi connectivity index (χ4n) is 6.66. The Labute approximate surface area is 226 Å². The summed E-state index contributed by atoms with van der Waals surface area (Å²) in [6, 6.07) is 16.1. The molecule has 0 unspecified atom stereocenters. The molecule has 1 aliphatic heterocycles. The normalized spacial score (nSPS) is 25.6. The highest BCUT2D eigenvalue weighted by atomic mass is 16.5. The summed E-state index contributed by atoms with van der Waals surface area (Å²) >= 11 is 0. The predicted octanol–water partition coefficient (Wildman–Crippen LogP) is 4.73. The molecule has 3 aliphatic rings. The van der Waals surface area contributed by atoms with Gasteiger partial charge in [0.1, 0.15) is 12.4 Å². The van der Waals surface area contributed by atoms with Gasteiger partial charge in [-0.2, -0.15) is 4.98 Å². The number of nitrogens with one attached hydrogen (secondary N) is 1. The summed E-state index contributed by atoms with van der Waals surface area (Å²) in [6.07, 6.45) is 7.47. The highest BCUT2D eigenvalue weighted by molar-refractivity contribution is 5.94. The summed E-state index contributed by atoms with van der Waals surface area (Å²) in [5.74, 6) is 1.20. The molecule has 1 spiro atoms. The van der Waals surface area contributed by atoms with E-state index in [0.717, 1.165) is 38.8 Å². The predicted molar refractivity (Wildman–Crippen MR) is 148 cm³/mol. The number of aromatic nitrogens is 1. The van der Waals surface area contributed by atoms with Crippen molar-refractivity contribution in [2.75, 3.05) is 45.7 Å². The smallest absolute Gasteiger partial charge is 0.321 e. The van der Waals surface area contributed by atoms with Crippen molar-refractivity contribution >= 4 is 17.8 Å². The van der Waals surface area contributed by atoms with Gasteiger partial charge in [-0.3, -0.25) is 9.69 Å². The minimum atomic E-state index is -0.236. The van der Waals surface area contributed by atoms with Crippen molar-refractivity contribution in [2.24, 2.45) is 5.92 Å². The molecule has 2 saturated carbocycles. The van der Waals surface area contributed by atoms with E-state index >= 15 is 0 Å². The zero-order valence-corrected chi connectivity index (χ0v) is 23.0. The van der Waals surface area contributed by atoms with E-state index < -0.39 is 0 Å². The minimum absolute atomic E-state index is 0.00158. The second-order valence-corrected chi connectivity index (χ2v) is 11.3. The molecule has 1 aromatic heterocycles. The van der Waals surface area contributed by atoms with Crippen LogP contribution in [0, 0.1) is 5.92 Å². The zero-order chi connectivity index (χ0) is 26.8. The maximum absolute atomic E-state index is 13.8. The monoisotopic (exact) mass is 519 g/mol. The lowest BCUT2D eigenvalue weighted by molar-refractivity contribution is -0.116. The van der Waals surface area contributed by atoms with Crippen LogP contribution in [-0.4, -0.2) is 77.5 Å². The molecule has 2 aliphatic carbocycles. The SMILES string of the molecule is CCN(C)[C@]1(c2ccccc2)CC[C@@]2(CC1)CN(CC(=O)Nc1cccc(OC)n1)C(=O)N2CC1CCC1. The molecule has 1 saturated heterocycles. The molecule has 0 atom stereocenters. The van der Waals surface area contributed by atoms with Crippen molar-refractivity contribution in [3.63, 3.8) is 0 Å². The number of methoxy groups -OCH3 is 1. The van der Waals surface area contributed by atoms with Crippen LogP contribution in [0.5, 0.6) is 5.88 Å². The molecule has 204 valence electrons. The number of carbonyl (C=O) groups excluding carboxylic acids is 2. The molecular formula is C30H41N5O3. The molecule has 38 heavy (non-hydrogen) atoms. The number of carbonyl (C=O) groups is 2. The standard InChI is InChI=1S/C30H41N5O3/c1-4-33(2)30(24-12-6-5-7-13-24)18-16-29(17-19-30)22-34(28(37)35(29)20-23-10-8-11-23)21-26(36)31-25-14-9-15-27(32-25)38-3/h5-7,9,12-15,23H,4,8,10-11,16-22H2,1-3H3,(H,31,32,36)/t29-,30-.